The fourth-order valence-electron chi connectivity index (χ4n) is 3.34. The van der Waals surface area contributed by atoms with E-state index in [1.165, 1.54) is 0 Å². The second-order valence-electron chi connectivity index (χ2n) is 6.57. The van der Waals surface area contributed by atoms with Gasteiger partial charge in [0.2, 0.25) is 0 Å². The monoisotopic (exact) mass is 340 g/mol. The van der Waals surface area contributed by atoms with Crippen LogP contribution in [0.1, 0.15) is 5.56 Å². The Balaban J connectivity index is 1.48. The smallest absolute Gasteiger partial charge is 0.138 e. The van der Waals surface area contributed by atoms with Crippen LogP contribution < -0.4 is 4.74 Å². The summed E-state index contributed by atoms with van der Waals surface area (Å²) in [6.45, 7) is 6.40. The van der Waals surface area contributed by atoms with Gasteiger partial charge in [-0.15, -0.1) is 0 Å². The second kappa shape index (κ2) is 7.36. The number of likely N-dealkylation sites (tertiary alicyclic amines) is 1. The number of hydrogen-bond donors (Lipinski definition) is 1. The molecule has 1 aromatic rings. The molecule has 1 aromatic carbocycles. The number of ether oxygens (including phenoxy) is 2. The molecule has 6 heteroatoms. The van der Waals surface area contributed by atoms with Crippen molar-refractivity contribution in [1.29, 1.82) is 0 Å². The van der Waals surface area contributed by atoms with E-state index in [4.69, 9.17) is 21.1 Å². The molecule has 0 bridgehead atoms. The Morgan fingerprint density at radius 3 is 3.04 bits per heavy atom. The molecule has 1 N–H and O–H groups in total. The molecule has 2 saturated heterocycles. The summed E-state index contributed by atoms with van der Waals surface area (Å²) in [7, 11) is 2.14. The zero-order valence-corrected chi connectivity index (χ0v) is 14.5. The molecular weight excluding hydrogens is 316 g/mol. The Hall–Kier alpha value is -0.850. The van der Waals surface area contributed by atoms with Gasteiger partial charge < -0.3 is 14.6 Å². The molecule has 0 amide bonds. The van der Waals surface area contributed by atoms with Crippen LogP contribution >= 0.6 is 11.6 Å². The van der Waals surface area contributed by atoms with Gasteiger partial charge in [0, 0.05) is 32.2 Å². The number of morpholine rings is 1. The number of hydrogen-bond acceptors (Lipinski definition) is 5. The van der Waals surface area contributed by atoms with Crippen molar-refractivity contribution in [1.82, 2.24) is 9.80 Å². The lowest BCUT2D eigenvalue weighted by Crippen LogP contribution is -2.48. The topological polar surface area (TPSA) is 45.2 Å². The van der Waals surface area contributed by atoms with Gasteiger partial charge in [-0.05, 0) is 31.7 Å². The van der Waals surface area contributed by atoms with Crippen LogP contribution in [0.4, 0.5) is 0 Å². The lowest BCUT2D eigenvalue weighted by Gasteiger charge is -2.33. The van der Waals surface area contributed by atoms with Crippen molar-refractivity contribution in [2.24, 2.45) is 0 Å². The van der Waals surface area contributed by atoms with Gasteiger partial charge >= 0.3 is 0 Å². The maximum absolute atomic E-state index is 10.3. The number of nitrogens with zero attached hydrogens (tertiary/aromatic N) is 2. The Bertz CT molecular complexity index is 543. The first-order valence-corrected chi connectivity index (χ1v) is 8.52. The zero-order valence-electron chi connectivity index (χ0n) is 13.7. The first-order chi connectivity index (χ1) is 11.0. The van der Waals surface area contributed by atoms with E-state index in [1.54, 1.807) is 0 Å². The van der Waals surface area contributed by atoms with E-state index >= 15 is 0 Å². The number of fused-ring (bicyclic) bond motifs is 1. The van der Waals surface area contributed by atoms with Crippen LogP contribution in [0.5, 0.6) is 5.75 Å². The number of halogens is 1. The van der Waals surface area contributed by atoms with E-state index in [1.807, 2.05) is 25.1 Å². The van der Waals surface area contributed by atoms with Crippen LogP contribution in [0, 0.1) is 6.92 Å². The summed E-state index contributed by atoms with van der Waals surface area (Å²) in [4.78, 5) is 4.60. The number of likely N-dealkylation sites (N-methyl/N-ethyl adjacent to an activating group) is 1. The van der Waals surface area contributed by atoms with Crippen molar-refractivity contribution in [3.05, 3.63) is 28.8 Å². The molecule has 0 saturated carbocycles. The van der Waals surface area contributed by atoms with Gasteiger partial charge in [-0.1, -0.05) is 17.7 Å². The fraction of sp³-hybridized carbons (Fsp3) is 0.647. The standard InChI is InChI=1S/C17H25ClN2O3/c1-12-3-4-14(18)16(7-12)23-11-13(21)8-20-9-15-17(10-20)22-6-5-19(15)2/h3-4,7,13,15,17,21H,5-6,8-11H2,1-2H3/t13-,15-,17-/m1/s1. The van der Waals surface area contributed by atoms with Crippen molar-refractivity contribution in [3.8, 4) is 5.75 Å². The average molecular weight is 341 g/mol. The molecular formula is C17H25ClN2O3. The second-order valence-corrected chi connectivity index (χ2v) is 6.98. The fourth-order valence-corrected chi connectivity index (χ4v) is 3.51. The van der Waals surface area contributed by atoms with E-state index in [0.29, 0.717) is 23.4 Å². The van der Waals surface area contributed by atoms with Crippen molar-refractivity contribution in [2.45, 2.75) is 25.2 Å². The number of β-amino-alcohol motifs (C(OH)–C–C–N with tert-alkyl or cyclic N) is 1. The van der Waals surface area contributed by atoms with E-state index < -0.39 is 6.10 Å². The zero-order chi connectivity index (χ0) is 16.4. The highest BCUT2D eigenvalue weighted by Crippen LogP contribution is 2.26. The highest BCUT2D eigenvalue weighted by molar-refractivity contribution is 6.32. The third-order valence-electron chi connectivity index (χ3n) is 4.64. The molecule has 0 spiro atoms. The predicted octanol–water partition coefficient (Wildman–Crippen LogP) is 1.40. The van der Waals surface area contributed by atoms with Crippen LogP contribution in [0.3, 0.4) is 0 Å². The van der Waals surface area contributed by atoms with Crippen LogP contribution in [0.2, 0.25) is 5.02 Å². The summed E-state index contributed by atoms with van der Waals surface area (Å²) in [5.74, 6) is 0.629. The van der Waals surface area contributed by atoms with Gasteiger partial charge in [-0.3, -0.25) is 9.80 Å². The molecule has 128 valence electrons. The Morgan fingerprint density at radius 1 is 1.43 bits per heavy atom. The van der Waals surface area contributed by atoms with E-state index in [0.717, 1.165) is 31.8 Å². The maximum Gasteiger partial charge on any atom is 0.138 e. The van der Waals surface area contributed by atoms with Crippen molar-refractivity contribution >= 4 is 11.6 Å². The van der Waals surface area contributed by atoms with Gasteiger partial charge in [0.15, 0.2) is 0 Å². The Labute approximate surface area is 142 Å². The molecule has 0 aromatic heterocycles. The summed E-state index contributed by atoms with van der Waals surface area (Å²) in [6.07, 6.45) is -0.287. The Kier molecular flexibility index (Phi) is 5.44. The first-order valence-electron chi connectivity index (χ1n) is 8.14. The molecule has 0 aliphatic carbocycles. The van der Waals surface area contributed by atoms with Gasteiger partial charge in [0.25, 0.3) is 0 Å². The minimum Gasteiger partial charge on any atom is -0.489 e. The van der Waals surface area contributed by atoms with Crippen molar-refractivity contribution < 1.29 is 14.6 Å². The molecule has 0 unspecified atom stereocenters. The molecule has 3 rings (SSSR count). The summed E-state index contributed by atoms with van der Waals surface area (Å²) < 4.78 is 11.5. The minimum absolute atomic E-state index is 0.242. The molecule has 3 atom stereocenters. The van der Waals surface area contributed by atoms with Crippen LogP contribution in [-0.2, 0) is 4.74 Å². The third kappa shape index (κ3) is 4.17. The third-order valence-corrected chi connectivity index (χ3v) is 4.95. The molecule has 23 heavy (non-hydrogen) atoms. The molecule has 2 fully saturated rings. The maximum atomic E-state index is 10.3. The summed E-state index contributed by atoms with van der Waals surface area (Å²) in [5.41, 5.74) is 1.09. The van der Waals surface area contributed by atoms with Crippen LogP contribution in [-0.4, -0.2) is 79.6 Å². The SMILES string of the molecule is Cc1ccc(Cl)c(OC[C@H](O)CN2C[C@@H]3[C@@H](C2)OCCN3C)c1. The summed E-state index contributed by atoms with van der Waals surface area (Å²) >= 11 is 6.11. The van der Waals surface area contributed by atoms with Gasteiger partial charge in [-0.2, -0.15) is 0 Å². The van der Waals surface area contributed by atoms with Gasteiger partial charge in [0.1, 0.15) is 18.5 Å². The van der Waals surface area contributed by atoms with Crippen molar-refractivity contribution in [2.75, 3.05) is 46.4 Å². The minimum atomic E-state index is -0.544. The Morgan fingerprint density at radius 2 is 2.26 bits per heavy atom. The first kappa shape index (κ1) is 17.0. The molecule has 5 nitrogen and oxygen atoms in total. The highest BCUT2D eigenvalue weighted by atomic mass is 35.5. The van der Waals surface area contributed by atoms with Crippen LogP contribution in [0.25, 0.3) is 0 Å². The lowest BCUT2D eigenvalue weighted by atomic mass is 10.1. The largest absolute Gasteiger partial charge is 0.489 e. The van der Waals surface area contributed by atoms with Crippen molar-refractivity contribution in [3.63, 3.8) is 0 Å². The quantitative estimate of drug-likeness (QED) is 0.878. The lowest BCUT2D eigenvalue weighted by molar-refractivity contribution is -0.0372. The summed E-state index contributed by atoms with van der Waals surface area (Å²) in [5, 5.41) is 10.8. The number of benzene rings is 1. The number of rotatable bonds is 5. The molecule has 2 aliphatic rings. The van der Waals surface area contributed by atoms with Gasteiger partial charge in [-0.25, -0.2) is 0 Å². The van der Waals surface area contributed by atoms with E-state index in [9.17, 15) is 5.11 Å². The van der Waals surface area contributed by atoms with E-state index in [2.05, 4.69) is 16.8 Å². The van der Waals surface area contributed by atoms with E-state index in [-0.39, 0.29) is 12.7 Å². The van der Waals surface area contributed by atoms with Crippen LogP contribution in [0.15, 0.2) is 18.2 Å². The van der Waals surface area contributed by atoms with Gasteiger partial charge in [0.05, 0.1) is 17.7 Å². The highest BCUT2D eigenvalue weighted by Gasteiger charge is 2.38. The molecule has 0 radical (unpaired) electrons. The predicted molar refractivity (Wildman–Crippen MR) is 90.3 cm³/mol. The molecule has 2 aliphatic heterocycles. The average Bonchev–Trinajstić information content (AvgIpc) is 2.92. The summed E-state index contributed by atoms with van der Waals surface area (Å²) in [6, 6.07) is 6.08. The normalized spacial score (nSPS) is 27.0. The number of aliphatic hydroxyl groups is 1. The number of aliphatic hydroxyl groups excluding tert-OH is 1. The number of aryl methyl sites for hydroxylation is 1. The molecule has 2 heterocycles.